The number of alkyl halides is 3. The standard InChI is InChI=1S/C8H12F3NO3/c1-4(2)5(3-6(13)14)12-7(15)8(9,10)11/h4-5H,3H2,1-2H3,(H,12,15)(H,13,14)/t5-/m1/s1. The number of carbonyl (C=O) groups is 2. The molecule has 1 atom stereocenters. The van der Waals surface area contributed by atoms with Crippen LogP contribution in [0.5, 0.6) is 0 Å². The molecule has 0 aliphatic rings. The summed E-state index contributed by atoms with van der Waals surface area (Å²) < 4.78 is 35.6. The van der Waals surface area contributed by atoms with Crippen LogP contribution in [0.3, 0.4) is 0 Å². The van der Waals surface area contributed by atoms with Crippen LogP contribution in [-0.2, 0) is 9.59 Å². The second-order valence-corrected chi connectivity index (χ2v) is 3.42. The van der Waals surface area contributed by atoms with Gasteiger partial charge in [-0.3, -0.25) is 9.59 Å². The SMILES string of the molecule is CC(C)[C@@H](CC(=O)O)NC(=O)C(F)(F)F. The third-order valence-corrected chi connectivity index (χ3v) is 1.77. The Morgan fingerprint density at radius 2 is 1.80 bits per heavy atom. The zero-order chi connectivity index (χ0) is 12.2. The minimum absolute atomic E-state index is 0.382. The van der Waals surface area contributed by atoms with E-state index in [1.807, 2.05) is 0 Å². The summed E-state index contributed by atoms with van der Waals surface area (Å²) in [5.74, 6) is -3.74. The van der Waals surface area contributed by atoms with E-state index in [0.29, 0.717) is 0 Å². The Labute approximate surface area is 84.5 Å². The van der Waals surface area contributed by atoms with Gasteiger partial charge in [0.05, 0.1) is 6.42 Å². The lowest BCUT2D eigenvalue weighted by Gasteiger charge is -2.21. The van der Waals surface area contributed by atoms with Gasteiger partial charge < -0.3 is 10.4 Å². The molecular formula is C8H12F3NO3. The Balaban J connectivity index is 4.42. The molecule has 0 heterocycles. The lowest BCUT2D eigenvalue weighted by molar-refractivity contribution is -0.174. The number of halogens is 3. The fraction of sp³-hybridized carbons (Fsp3) is 0.750. The quantitative estimate of drug-likeness (QED) is 0.757. The third kappa shape index (κ3) is 5.24. The molecule has 0 saturated carbocycles. The van der Waals surface area contributed by atoms with Crippen LogP contribution < -0.4 is 5.32 Å². The first-order valence-corrected chi connectivity index (χ1v) is 4.24. The van der Waals surface area contributed by atoms with E-state index < -0.39 is 30.5 Å². The van der Waals surface area contributed by atoms with Crippen molar-refractivity contribution in [3.63, 3.8) is 0 Å². The molecule has 0 unspecified atom stereocenters. The summed E-state index contributed by atoms with van der Waals surface area (Å²) in [5.41, 5.74) is 0. The molecule has 15 heavy (non-hydrogen) atoms. The highest BCUT2D eigenvalue weighted by Crippen LogP contribution is 2.16. The zero-order valence-corrected chi connectivity index (χ0v) is 8.26. The van der Waals surface area contributed by atoms with Gasteiger partial charge in [-0.05, 0) is 5.92 Å². The Hall–Kier alpha value is -1.27. The highest BCUT2D eigenvalue weighted by Gasteiger charge is 2.40. The average Bonchev–Trinajstić information content (AvgIpc) is 1.99. The van der Waals surface area contributed by atoms with E-state index in [0.717, 1.165) is 0 Å². The van der Waals surface area contributed by atoms with Gasteiger partial charge in [-0.1, -0.05) is 13.8 Å². The molecule has 0 spiro atoms. The van der Waals surface area contributed by atoms with Crippen molar-refractivity contribution < 1.29 is 27.9 Å². The Bertz CT molecular complexity index is 250. The molecule has 4 nitrogen and oxygen atoms in total. The van der Waals surface area contributed by atoms with Crippen molar-refractivity contribution in [2.24, 2.45) is 5.92 Å². The lowest BCUT2D eigenvalue weighted by Crippen LogP contribution is -2.46. The van der Waals surface area contributed by atoms with E-state index in [9.17, 15) is 22.8 Å². The summed E-state index contributed by atoms with van der Waals surface area (Å²) in [7, 11) is 0. The van der Waals surface area contributed by atoms with Crippen LogP contribution in [0.15, 0.2) is 0 Å². The lowest BCUT2D eigenvalue weighted by atomic mass is 10.0. The molecule has 0 radical (unpaired) electrons. The second-order valence-electron chi connectivity index (χ2n) is 3.42. The first-order chi connectivity index (χ1) is 6.64. The van der Waals surface area contributed by atoms with Crippen molar-refractivity contribution in [3.8, 4) is 0 Å². The maximum atomic E-state index is 11.9. The Kier molecular flexibility index (Phi) is 4.57. The van der Waals surface area contributed by atoms with Gasteiger partial charge in [-0.2, -0.15) is 13.2 Å². The topological polar surface area (TPSA) is 66.4 Å². The monoisotopic (exact) mass is 227 g/mol. The van der Waals surface area contributed by atoms with E-state index >= 15 is 0 Å². The molecule has 0 aromatic heterocycles. The molecule has 7 heteroatoms. The zero-order valence-electron chi connectivity index (χ0n) is 8.26. The van der Waals surface area contributed by atoms with Crippen molar-refractivity contribution in [2.75, 3.05) is 0 Å². The second kappa shape index (κ2) is 4.99. The average molecular weight is 227 g/mol. The largest absolute Gasteiger partial charge is 0.481 e. The van der Waals surface area contributed by atoms with Crippen molar-refractivity contribution in [2.45, 2.75) is 32.5 Å². The highest BCUT2D eigenvalue weighted by molar-refractivity contribution is 5.82. The van der Waals surface area contributed by atoms with Crippen LogP contribution in [-0.4, -0.2) is 29.2 Å². The summed E-state index contributed by atoms with van der Waals surface area (Å²) in [6.07, 6.45) is -5.51. The number of nitrogens with one attached hydrogen (secondary N) is 1. The molecule has 0 aliphatic heterocycles. The number of hydrogen-bond acceptors (Lipinski definition) is 2. The molecule has 0 aliphatic carbocycles. The van der Waals surface area contributed by atoms with E-state index in [-0.39, 0.29) is 5.92 Å². The fourth-order valence-electron chi connectivity index (χ4n) is 0.892. The molecule has 0 fully saturated rings. The summed E-state index contributed by atoms with van der Waals surface area (Å²) in [5, 5.41) is 10.1. The maximum absolute atomic E-state index is 11.9. The van der Waals surface area contributed by atoms with E-state index in [1.165, 1.54) is 13.8 Å². The van der Waals surface area contributed by atoms with Gasteiger partial charge in [0.15, 0.2) is 0 Å². The van der Waals surface area contributed by atoms with E-state index in [2.05, 4.69) is 0 Å². The van der Waals surface area contributed by atoms with E-state index in [4.69, 9.17) is 5.11 Å². The van der Waals surface area contributed by atoms with Crippen LogP contribution in [0.25, 0.3) is 0 Å². The molecule has 88 valence electrons. The van der Waals surface area contributed by atoms with Crippen molar-refractivity contribution >= 4 is 11.9 Å². The third-order valence-electron chi connectivity index (χ3n) is 1.77. The number of rotatable bonds is 4. The number of hydrogen-bond donors (Lipinski definition) is 2. The van der Waals surface area contributed by atoms with Crippen molar-refractivity contribution in [1.82, 2.24) is 5.32 Å². The van der Waals surface area contributed by atoms with Gasteiger partial charge in [0.2, 0.25) is 0 Å². The predicted molar refractivity (Wildman–Crippen MR) is 45.1 cm³/mol. The van der Waals surface area contributed by atoms with Crippen LogP contribution in [0.1, 0.15) is 20.3 Å². The molecule has 0 aromatic carbocycles. The van der Waals surface area contributed by atoms with Crippen LogP contribution >= 0.6 is 0 Å². The molecule has 2 N–H and O–H groups in total. The van der Waals surface area contributed by atoms with Crippen LogP contribution in [0, 0.1) is 5.92 Å². The highest BCUT2D eigenvalue weighted by atomic mass is 19.4. The molecule has 1 amide bonds. The first-order valence-electron chi connectivity index (χ1n) is 4.24. The minimum Gasteiger partial charge on any atom is -0.481 e. The van der Waals surface area contributed by atoms with Gasteiger partial charge in [0.1, 0.15) is 0 Å². The number of carboxylic acids is 1. The number of aliphatic carboxylic acids is 1. The van der Waals surface area contributed by atoms with Gasteiger partial charge in [0.25, 0.3) is 0 Å². The normalized spacial score (nSPS) is 13.7. The predicted octanol–water partition coefficient (Wildman–Crippen LogP) is 1.16. The summed E-state index contributed by atoms with van der Waals surface area (Å²) in [4.78, 5) is 20.8. The van der Waals surface area contributed by atoms with Crippen molar-refractivity contribution in [1.29, 1.82) is 0 Å². The molecule has 0 bridgehead atoms. The molecule has 0 aromatic rings. The molecule has 0 saturated heterocycles. The Morgan fingerprint density at radius 1 is 1.33 bits per heavy atom. The molecular weight excluding hydrogens is 215 g/mol. The maximum Gasteiger partial charge on any atom is 0.471 e. The summed E-state index contributed by atoms with van der Waals surface area (Å²) in [6.45, 7) is 3.06. The summed E-state index contributed by atoms with van der Waals surface area (Å²) >= 11 is 0. The number of amides is 1. The van der Waals surface area contributed by atoms with Crippen LogP contribution in [0.4, 0.5) is 13.2 Å². The first kappa shape index (κ1) is 13.7. The van der Waals surface area contributed by atoms with Gasteiger partial charge >= 0.3 is 18.1 Å². The van der Waals surface area contributed by atoms with Crippen LogP contribution in [0.2, 0.25) is 0 Å². The smallest absolute Gasteiger partial charge is 0.471 e. The fourth-order valence-corrected chi connectivity index (χ4v) is 0.892. The van der Waals surface area contributed by atoms with E-state index in [1.54, 1.807) is 5.32 Å². The van der Waals surface area contributed by atoms with Gasteiger partial charge in [-0.15, -0.1) is 0 Å². The number of carbonyl (C=O) groups excluding carboxylic acids is 1. The van der Waals surface area contributed by atoms with Gasteiger partial charge in [-0.25, -0.2) is 0 Å². The molecule has 0 rings (SSSR count). The summed E-state index contributed by atoms with van der Waals surface area (Å²) in [6, 6.07) is -1.02. The Morgan fingerprint density at radius 3 is 2.07 bits per heavy atom. The van der Waals surface area contributed by atoms with Gasteiger partial charge in [0, 0.05) is 6.04 Å². The van der Waals surface area contributed by atoms with Crippen molar-refractivity contribution in [3.05, 3.63) is 0 Å². The number of carboxylic acid groups (broad SMARTS) is 1. The minimum atomic E-state index is -4.98.